The number of amidine groups is 1. The van der Waals surface area contributed by atoms with E-state index in [0.717, 1.165) is 12.2 Å². The molecule has 13 heavy (non-hydrogen) atoms. The number of rotatable bonds is 3. The maximum Gasteiger partial charge on any atom is 0.126 e. The summed E-state index contributed by atoms with van der Waals surface area (Å²) in [4.78, 5) is 5.96. The second-order valence-corrected chi connectivity index (χ2v) is 2.82. The maximum absolute atomic E-state index is 7.36. The van der Waals surface area contributed by atoms with Gasteiger partial charge in [0.15, 0.2) is 0 Å². The number of anilines is 1. The molecule has 0 bridgehead atoms. The molecule has 0 fully saturated rings. The Kier molecular flexibility index (Phi) is 2.84. The van der Waals surface area contributed by atoms with E-state index in [1.165, 1.54) is 0 Å². The third-order valence-corrected chi connectivity index (χ3v) is 1.97. The first-order chi connectivity index (χ1) is 6.16. The smallest absolute Gasteiger partial charge is 0.126 e. The van der Waals surface area contributed by atoms with Crippen molar-refractivity contribution in [1.29, 1.82) is 5.41 Å². The van der Waals surface area contributed by atoms with Gasteiger partial charge in [0.2, 0.25) is 0 Å². The van der Waals surface area contributed by atoms with Crippen molar-refractivity contribution in [2.75, 3.05) is 18.5 Å². The summed E-state index contributed by atoms with van der Waals surface area (Å²) >= 11 is 0. The van der Waals surface area contributed by atoms with E-state index in [0.29, 0.717) is 5.56 Å². The summed E-state index contributed by atoms with van der Waals surface area (Å²) in [5, 5.41) is 7.36. The average Bonchev–Trinajstić information content (AvgIpc) is 2.16. The molecule has 0 aromatic carbocycles. The van der Waals surface area contributed by atoms with Gasteiger partial charge < -0.3 is 10.6 Å². The Labute approximate surface area is 77.9 Å². The molecule has 1 aromatic rings. The highest BCUT2D eigenvalue weighted by molar-refractivity contribution is 6.00. The number of hydrogen-bond acceptors (Lipinski definition) is 3. The van der Waals surface area contributed by atoms with Crippen LogP contribution >= 0.6 is 0 Å². The van der Waals surface area contributed by atoms with Crippen molar-refractivity contribution < 1.29 is 0 Å². The third-order valence-electron chi connectivity index (χ3n) is 1.97. The molecule has 1 rings (SSSR count). The van der Waals surface area contributed by atoms with Gasteiger partial charge in [0, 0.05) is 26.0 Å². The van der Waals surface area contributed by atoms with Crippen LogP contribution in [0.25, 0.3) is 0 Å². The van der Waals surface area contributed by atoms with Crippen LogP contribution in [0.5, 0.6) is 0 Å². The third kappa shape index (κ3) is 1.96. The lowest BCUT2D eigenvalue weighted by Gasteiger charge is -2.19. The number of nitrogens with zero attached hydrogens (tertiary/aromatic N) is 2. The van der Waals surface area contributed by atoms with Gasteiger partial charge in [-0.05, 0) is 13.0 Å². The van der Waals surface area contributed by atoms with Crippen molar-refractivity contribution in [3.8, 4) is 0 Å². The summed E-state index contributed by atoms with van der Waals surface area (Å²) in [7, 11) is 1.96. The Morgan fingerprint density at radius 3 is 2.92 bits per heavy atom. The highest BCUT2D eigenvalue weighted by Crippen LogP contribution is 2.16. The van der Waals surface area contributed by atoms with Crippen molar-refractivity contribution >= 4 is 11.5 Å². The van der Waals surface area contributed by atoms with Gasteiger partial charge in [-0.1, -0.05) is 0 Å². The lowest BCUT2D eigenvalue weighted by molar-refractivity contribution is 0.962. The molecule has 0 aliphatic heterocycles. The monoisotopic (exact) mass is 178 g/mol. The zero-order chi connectivity index (χ0) is 9.84. The minimum absolute atomic E-state index is 0.0587. The normalized spacial score (nSPS) is 9.69. The van der Waals surface area contributed by atoms with E-state index in [4.69, 9.17) is 11.1 Å². The van der Waals surface area contributed by atoms with Gasteiger partial charge in [0.05, 0.1) is 11.3 Å². The minimum Gasteiger partial charge on any atom is -0.384 e. The van der Waals surface area contributed by atoms with Gasteiger partial charge in [0.1, 0.15) is 5.84 Å². The predicted octanol–water partition coefficient (Wildman–Crippen LogP) is 0.822. The molecule has 0 saturated heterocycles. The maximum atomic E-state index is 7.36. The molecule has 3 N–H and O–H groups in total. The molecular weight excluding hydrogens is 164 g/mol. The molecule has 0 radical (unpaired) electrons. The molecule has 0 aliphatic rings. The highest BCUT2D eigenvalue weighted by atomic mass is 15.1. The fraction of sp³-hybridized carbons (Fsp3) is 0.333. The Morgan fingerprint density at radius 1 is 1.69 bits per heavy atom. The molecule has 4 nitrogen and oxygen atoms in total. The molecule has 1 aromatic heterocycles. The highest BCUT2D eigenvalue weighted by Gasteiger charge is 2.07. The predicted molar refractivity (Wildman–Crippen MR) is 54.2 cm³/mol. The van der Waals surface area contributed by atoms with Crippen molar-refractivity contribution in [3.05, 3.63) is 24.0 Å². The first kappa shape index (κ1) is 9.51. The standard InChI is InChI=1S/C9H14N4/c1-3-13(2)8-4-5-12-6-7(8)9(10)11/h4-6H,3H2,1-2H3,(H3,10,11). The summed E-state index contributed by atoms with van der Waals surface area (Å²) < 4.78 is 0. The molecule has 1 heterocycles. The summed E-state index contributed by atoms with van der Waals surface area (Å²) in [6, 6.07) is 1.86. The molecular formula is C9H14N4. The first-order valence-corrected chi connectivity index (χ1v) is 4.16. The molecule has 0 saturated carbocycles. The number of pyridine rings is 1. The van der Waals surface area contributed by atoms with Gasteiger partial charge in [-0.25, -0.2) is 0 Å². The fourth-order valence-corrected chi connectivity index (χ4v) is 1.10. The zero-order valence-electron chi connectivity index (χ0n) is 7.91. The molecule has 4 heteroatoms. The quantitative estimate of drug-likeness (QED) is 0.532. The number of nitrogens with one attached hydrogen (secondary N) is 1. The Morgan fingerprint density at radius 2 is 2.38 bits per heavy atom. The molecule has 0 amide bonds. The van der Waals surface area contributed by atoms with E-state index in [2.05, 4.69) is 4.98 Å². The minimum atomic E-state index is 0.0587. The second-order valence-electron chi connectivity index (χ2n) is 2.82. The lowest BCUT2D eigenvalue weighted by Crippen LogP contribution is -2.22. The van der Waals surface area contributed by atoms with Gasteiger partial charge in [0.25, 0.3) is 0 Å². The summed E-state index contributed by atoms with van der Waals surface area (Å²) in [5.41, 5.74) is 7.06. The summed E-state index contributed by atoms with van der Waals surface area (Å²) in [5.74, 6) is 0.0587. The van der Waals surface area contributed by atoms with E-state index in [1.807, 2.05) is 24.9 Å². The Hall–Kier alpha value is -1.58. The van der Waals surface area contributed by atoms with Gasteiger partial charge in [-0.15, -0.1) is 0 Å². The number of nitrogen functional groups attached to an aromatic ring is 1. The van der Waals surface area contributed by atoms with E-state index in [9.17, 15) is 0 Å². The van der Waals surface area contributed by atoms with Crippen molar-refractivity contribution in [1.82, 2.24) is 4.98 Å². The van der Waals surface area contributed by atoms with Gasteiger partial charge in [-0.2, -0.15) is 0 Å². The molecule has 0 spiro atoms. The largest absolute Gasteiger partial charge is 0.384 e. The molecule has 0 unspecified atom stereocenters. The van der Waals surface area contributed by atoms with Crippen LogP contribution in [-0.4, -0.2) is 24.4 Å². The van der Waals surface area contributed by atoms with Crippen molar-refractivity contribution in [2.45, 2.75) is 6.92 Å². The molecule has 0 aliphatic carbocycles. The molecule has 70 valence electrons. The van der Waals surface area contributed by atoms with Crippen LogP contribution in [0.2, 0.25) is 0 Å². The van der Waals surface area contributed by atoms with Crippen LogP contribution in [-0.2, 0) is 0 Å². The van der Waals surface area contributed by atoms with Crippen LogP contribution < -0.4 is 10.6 Å². The van der Waals surface area contributed by atoms with E-state index >= 15 is 0 Å². The van der Waals surface area contributed by atoms with E-state index in [1.54, 1.807) is 12.4 Å². The molecule has 0 atom stereocenters. The van der Waals surface area contributed by atoms with Crippen LogP contribution in [0.4, 0.5) is 5.69 Å². The van der Waals surface area contributed by atoms with Crippen LogP contribution in [0.1, 0.15) is 12.5 Å². The average molecular weight is 178 g/mol. The van der Waals surface area contributed by atoms with E-state index < -0.39 is 0 Å². The van der Waals surface area contributed by atoms with Gasteiger partial charge >= 0.3 is 0 Å². The first-order valence-electron chi connectivity index (χ1n) is 4.16. The van der Waals surface area contributed by atoms with Crippen LogP contribution in [0.3, 0.4) is 0 Å². The van der Waals surface area contributed by atoms with Gasteiger partial charge in [-0.3, -0.25) is 10.4 Å². The number of aromatic nitrogens is 1. The van der Waals surface area contributed by atoms with Crippen molar-refractivity contribution in [3.63, 3.8) is 0 Å². The van der Waals surface area contributed by atoms with Crippen LogP contribution in [0.15, 0.2) is 18.5 Å². The lowest BCUT2D eigenvalue weighted by atomic mass is 10.2. The Bertz CT molecular complexity index is 308. The van der Waals surface area contributed by atoms with E-state index in [-0.39, 0.29) is 5.84 Å². The van der Waals surface area contributed by atoms with Crippen LogP contribution in [0, 0.1) is 5.41 Å². The Balaban J connectivity index is 3.11. The van der Waals surface area contributed by atoms with Crippen molar-refractivity contribution in [2.24, 2.45) is 5.73 Å². The zero-order valence-corrected chi connectivity index (χ0v) is 7.91. The summed E-state index contributed by atoms with van der Waals surface area (Å²) in [6.07, 6.45) is 3.32. The number of nitrogens with two attached hydrogens (primary N) is 1. The number of hydrogen-bond donors (Lipinski definition) is 2. The second kappa shape index (κ2) is 3.89. The summed E-state index contributed by atoms with van der Waals surface area (Å²) in [6.45, 7) is 2.93. The topological polar surface area (TPSA) is 66.0 Å². The SMILES string of the molecule is CCN(C)c1ccncc1C(=N)N. The fourth-order valence-electron chi connectivity index (χ4n) is 1.10.